The molecule has 1 fully saturated rings. The Hall–Kier alpha value is -2.83. The Bertz CT molecular complexity index is 1010. The summed E-state index contributed by atoms with van der Waals surface area (Å²) in [6, 6.07) is 2.28. The highest BCUT2D eigenvalue weighted by molar-refractivity contribution is 5.86. The van der Waals surface area contributed by atoms with E-state index in [0.29, 0.717) is 12.5 Å². The average Bonchev–Trinajstić information content (AvgIpc) is 3.21. The summed E-state index contributed by atoms with van der Waals surface area (Å²) in [5.74, 6) is 1.40. The molecule has 29 heavy (non-hydrogen) atoms. The van der Waals surface area contributed by atoms with E-state index in [0.717, 1.165) is 60.6 Å². The lowest BCUT2D eigenvalue weighted by Gasteiger charge is -2.32. The molecule has 2 amide bonds. The van der Waals surface area contributed by atoms with Crippen molar-refractivity contribution in [1.29, 1.82) is 0 Å². The Labute approximate surface area is 171 Å². The molecule has 1 aliphatic rings. The van der Waals surface area contributed by atoms with Gasteiger partial charge in [0.15, 0.2) is 0 Å². The van der Waals surface area contributed by atoms with E-state index in [9.17, 15) is 4.79 Å². The van der Waals surface area contributed by atoms with Gasteiger partial charge in [0.2, 0.25) is 0 Å². The largest absolute Gasteiger partial charge is 0.361 e. The maximum Gasteiger partial charge on any atom is 0.317 e. The topological polar surface area (TPSA) is 76.2 Å². The number of rotatable bonds is 4. The molecule has 0 radical (unpaired) electrons. The first-order valence-electron chi connectivity index (χ1n) is 10.4. The maximum absolute atomic E-state index is 12.0. The molecule has 0 bridgehead atoms. The Morgan fingerprint density at radius 3 is 2.72 bits per heavy atom. The maximum atomic E-state index is 12.0. The van der Waals surface area contributed by atoms with Crippen molar-refractivity contribution in [3.63, 3.8) is 0 Å². The Balaban J connectivity index is 1.55. The minimum absolute atomic E-state index is 0.0596. The lowest BCUT2D eigenvalue weighted by molar-refractivity contribution is 0.171. The SMILES string of the molecule is CCNC(=O)N1CCC(Cc2cn(C)c3ncc(-c4c(C)noc4C)cc23)CC1. The van der Waals surface area contributed by atoms with Crippen molar-refractivity contribution in [3.05, 3.63) is 35.5 Å². The number of nitrogens with one attached hydrogen (secondary N) is 1. The number of nitrogens with zero attached hydrogens (tertiary/aromatic N) is 4. The van der Waals surface area contributed by atoms with Gasteiger partial charge in [-0.3, -0.25) is 0 Å². The monoisotopic (exact) mass is 395 g/mol. The molecule has 3 aromatic rings. The number of fused-ring (bicyclic) bond motifs is 1. The van der Waals surface area contributed by atoms with E-state index in [1.165, 1.54) is 10.9 Å². The Morgan fingerprint density at radius 2 is 2.07 bits per heavy atom. The Kier molecular flexibility index (Phi) is 5.30. The van der Waals surface area contributed by atoms with Crippen LogP contribution < -0.4 is 5.32 Å². The highest BCUT2D eigenvalue weighted by Crippen LogP contribution is 2.32. The average molecular weight is 396 g/mol. The van der Waals surface area contributed by atoms with Crippen LogP contribution in [0.1, 0.15) is 36.8 Å². The molecular formula is C22H29N5O2. The highest BCUT2D eigenvalue weighted by atomic mass is 16.5. The molecule has 7 nitrogen and oxygen atoms in total. The molecule has 4 heterocycles. The molecule has 0 unspecified atom stereocenters. The van der Waals surface area contributed by atoms with Gasteiger partial charge in [-0.05, 0) is 57.6 Å². The van der Waals surface area contributed by atoms with Crippen LogP contribution in [0, 0.1) is 19.8 Å². The summed E-state index contributed by atoms with van der Waals surface area (Å²) < 4.78 is 7.45. The van der Waals surface area contributed by atoms with Crippen LogP contribution in [0.15, 0.2) is 23.0 Å². The summed E-state index contributed by atoms with van der Waals surface area (Å²) in [5, 5.41) is 8.17. The fraction of sp³-hybridized carbons (Fsp3) is 0.500. The lowest BCUT2D eigenvalue weighted by Crippen LogP contribution is -2.44. The molecule has 0 spiro atoms. The lowest BCUT2D eigenvalue weighted by atomic mass is 9.90. The first kappa shape index (κ1) is 19.5. The van der Waals surface area contributed by atoms with E-state index in [1.54, 1.807) is 0 Å². The molecule has 0 saturated carbocycles. The van der Waals surface area contributed by atoms with E-state index in [4.69, 9.17) is 9.51 Å². The smallest absolute Gasteiger partial charge is 0.317 e. The number of likely N-dealkylation sites (tertiary alicyclic amines) is 1. The van der Waals surface area contributed by atoms with Gasteiger partial charge in [-0.2, -0.15) is 0 Å². The number of urea groups is 1. The summed E-state index contributed by atoms with van der Waals surface area (Å²) in [6.07, 6.45) is 7.18. The zero-order chi connectivity index (χ0) is 20.5. The van der Waals surface area contributed by atoms with Gasteiger partial charge in [0.05, 0.1) is 5.69 Å². The van der Waals surface area contributed by atoms with Crippen LogP contribution in [0.4, 0.5) is 4.79 Å². The minimum Gasteiger partial charge on any atom is -0.361 e. The van der Waals surface area contributed by atoms with Crippen molar-refractivity contribution in [3.8, 4) is 11.1 Å². The third kappa shape index (κ3) is 3.73. The first-order valence-corrected chi connectivity index (χ1v) is 10.4. The van der Waals surface area contributed by atoms with Gasteiger partial charge in [0.1, 0.15) is 11.4 Å². The van der Waals surface area contributed by atoms with E-state index < -0.39 is 0 Å². The van der Waals surface area contributed by atoms with Crippen LogP contribution in [0.3, 0.4) is 0 Å². The predicted molar refractivity (Wildman–Crippen MR) is 113 cm³/mol. The third-order valence-electron chi connectivity index (χ3n) is 5.96. The second kappa shape index (κ2) is 7.89. The molecule has 7 heteroatoms. The summed E-state index contributed by atoms with van der Waals surface area (Å²) in [6.45, 7) is 8.18. The Morgan fingerprint density at radius 1 is 1.31 bits per heavy atom. The minimum atomic E-state index is 0.0596. The van der Waals surface area contributed by atoms with E-state index in [-0.39, 0.29) is 6.03 Å². The second-order valence-corrected chi connectivity index (χ2v) is 8.03. The van der Waals surface area contributed by atoms with Crippen LogP contribution in [-0.2, 0) is 13.5 Å². The summed E-state index contributed by atoms with van der Waals surface area (Å²) >= 11 is 0. The molecule has 1 N–H and O–H groups in total. The summed E-state index contributed by atoms with van der Waals surface area (Å²) in [4.78, 5) is 18.7. The molecule has 0 aliphatic carbocycles. The fourth-order valence-electron chi connectivity index (χ4n) is 4.45. The molecular weight excluding hydrogens is 366 g/mol. The van der Waals surface area contributed by atoms with E-state index in [1.807, 2.05) is 38.9 Å². The number of aromatic nitrogens is 3. The molecule has 1 saturated heterocycles. The predicted octanol–water partition coefficient (Wildman–Crippen LogP) is 3.83. The van der Waals surface area contributed by atoms with Crippen molar-refractivity contribution in [2.24, 2.45) is 13.0 Å². The van der Waals surface area contributed by atoms with Crippen LogP contribution >= 0.6 is 0 Å². The van der Waals surface area contributed by atoms with Gasteiger partial charge in [0.25, 0.3) is 0 Å². The highest BCUT2D eigenvalue weighted by Gasteiger charge is 2.24. The number of hydrogen-bond donors (Lipinski definition) is 1. The van der Waals surface area contributed by atoms with Crippen molar-refractivity contribution >= 4 is 17.1 Å². The van der Waals surface area contributed by atoms with E-state index >= 15 is 0 Å². The summed E-state index contributed by atoms with van der Waals surface area (Å²) in [5.41, 5.74) is 5.28. The van der Waals surface area contributed by atoms with Crippen LogP contribution in [0.5, 0.6) is 0 Å². The van der Waals surface area contributed by atoms with Crippen molar-refractivity contribution < 1.29 is 9.32 Å². The van der Waals surface area contributed by atoms with Gasteiger partial charge < -0.3 is 19.3 Å². The molecule has 3 aromatic heterocycles. The van der Waals surface area contributed by atoms with Gasteiger partial charge in [-0.25, -0.2) is 9.78 Å². The van der Waals surface area contributed by atoms with Gasteiger partial charge >= 0.3 is 6.03 Å². The fourth-order valence-corrected chi connectivity index (χ4v) is 4.45. The quantitative estimate of drug-likeness (QED) is 0.728. The van der Waals surface area contributed by atoms with Gasteiger partial charge in [0, 0.05) is 55.6 Å². The first-order chi connectivity index (χ1) is 14.0. The zero-order valence-electron chi connectivity index (χ0n) is 17.7. The van der Waals surface area contributed by atoms with Crippen molar-refractivity contribution in [2.75, 3.05) is 19.6 Å². The van der Waals surface area contributed by atoms with E-state index in [2.05, 4.69) is 27.3 Å². The number of amides is 2. The number of carbonyl (C=O) groups excluding carboxylic acids is 1. The number of carbonyl (C=O) groups is 1. The second-order valence-electron chi connectivity index (χ2n) is 8.03. The molecule has 1 aliphatic heterocycles. The molecule has 4 rings (SSSR count). The molecule has 154 valence electrons. The van der Waals surface area contributed by atoms with Crippen LogP contribution in [-0.4, -0.2) is 45.3 Å². The third-order valence-corrected chi connectivity index (χ3v) is 5.96. The van der Waals surface area contributed by atoms with Crippen molar-refractivity contribution in [1.82, 2.24) is 24.9 Å². The number of hydrogen-bond acceptors (Lipinski definition) is 4. The molecule has 0 aromatic carbocycles. The van der Waals surface area contributed by atoms with Gasteiger partial charge in [-0.1, -0.05) is 5.16 Å². The number of aryl methyl sites for hydroxylation is 3. The molecule has 0 atom stereocenters. The number of piperidine rings is 1. The van der Waals surface area contributed by atoms with Crippen molar-refractivity contribution in [2.45, 2.75) is 40.0 Å². The van der Waals surface area contributed by atoms with Crippen LogP contribution in [0.2, 0.25) is 0 Å². The normalized spacial score (nSPS) is 15.2. The summed E-state index contributed by atoms with van der Waals surface area (Å²) in [7, 11) is 2.05. The number of pyridine rings is 1. The zero-order valence-corrected chi connectivity index (χ0v) is 17.7. The van der Waals surface area contributed by atoms with Crippen LogP contribution in [0.25, 0.3) is 22.2 Å². The standard InChI is InChI=1S/C22H29N5O2/c1-5-23-22(28)27-8-6-16(7-9-27)10-18-13-26(4)21-19(18)11-17(12-24-21)20-14(2)25-29-15(20)3/h11-13,16H,5-10H2,1-4H3,(H,23,28). The van der Waals surface area contributed by atoms with Gasteiger partial charge in [-0.15, -0.1) is 0 Å².